The molecular weight excluding hydrogens is 386 g/mol. The van der Waals surface area contributed by atoms with Crippen molar-refractivity contribution in [1.82, 2.24) is 9.55 Å². The molecule has 1 N–H and O–H groups in total. The molecule has 5 rings (SSSR count). The molecule has 0 aliphatic heterocycles. The molecule has 0 spiro atoms. The summed E-state index contributed by atoms with van der Waals surface area (Å²) < 4.78 is 1.24. The maximum Gasteiger partial charge on any atom is 0.267 e. The van der Waals surface area contributed by atoms with Crippen LogP contribution in [0.25, 0.3) is 27.4 Å². The normalized spacial score (nSPS) is 11.5. The van der Waals surface area contributed by atoms with Crippen molar-refractivity contribution in [2.75, 3.05) is 0 Å². The lowest BCUT2D eigenvalue weighted by molar-refractivity contribution is 0.435. The van der Waals surface area contributed by atoms with Crippen molar-refractivity contribution in [2.45, 2.75) is 6.92 Å². The molecule has 0 amide bonds. The number of benzene rings is 3. The van der Waals surface area contributed by atoms with Gasteiger partial charge in [-0.05, 0) is 36.6 Å². The highest BCUT2D eigenvalue weighted by Crippen LogP contribution is 2.28. The second kappa shape index (κ2) is 7.54. The number of hydrogen-bond acceptors (Lipinski definition) is 4. The van der Waals surface area contributed by atoms with Gasteiger partial charge in [0, 0.05) is 28.1 Å². The molecule has 2 heterocycles. The summed E-state index contributed by atoms with van der Waals surface area (Å²) in [6.07, 6.45) is 1.62. The topological polar surface area (TPSA) is 67.5 Å². The maximum absolute atomic E-state index is 13.2. The molecule has 0 aliphatic rings. The molecule has 0 saturated carbocycles. The fourth-order valence-corrected chi connectivity index (χ4v) is 3.81. The molecule has 0 radical (unpaired) electrons. The van der Waals surface area contributed by atoms with E-state index in [-0.39, 0.29) is 11.4 Å². The van der Waals surface area contributed by atoms with E-state index in [4.69, 9.17) is 0 Å². The minimum absolute atomic E-state index is 0.189. The number of aromatic nitrogens is 2. The van der Waals surface area contributed by atoms with E-state index >= 15 is 0 Å². The summed E-state index contributed by atoms with van der Waals surface area (Å²) in [7, 11) is 0. The van der Waals surface area contributed by atoms with E-state index in [2.05, 4.69) is 9.98 Å². The van der Waals surface area contributed by atoms with E-state index in [9.17, 15) is 9.90 Å². The fourth-order valence-electron chi connectivity index (χ4n) is 3.81. The first-order valence-electron chi connectivity index (χ1n) is 9.96. The van der Waals surface area contributed by atoms with Crippen molar-refractivity contribution in [3.05, 3.63) is 107 Å². The zero-order valence-electron chi connectivity index (χ0n) is 16.9. The van der Waals surface area contributed by atoms with Crippen molar-refractivity contribution in [2.24, 2.45) is 4.99 Å². The molecule has 0 fully saturated rings. The number of hydrogen-bond donors (Lipinski definition) is 1. The predicted molar refractivity (Wildman–Crippen MR) is 125 cm³/mol. The largest absolute Gasteiger partial charge is 0.494 e. The SMILES string of the molecule is Cc1cccc(-n2c(O)c(C=Nc3cccc4ccccc34)c3ccccc3c2=O)n1. The maximum atomic E-state index is 13.2. The van der Waals surface area contributed by atoms with Gasteiger partial charge in [0.25, 0.3) is 5.56 Å². The highest BCUT2D eigenvalue weighted by atomic mass is 16.3. The number of nitrogens with zero attached hydrogens (tertiary/aromatic N) is 3. The summed E-state index contributed by atoms with van der Waals surface area (Å²) >= 11 is 0. The molecular formula is C26H19N3O2. The lowest BCUT2D eigenvalue weighted by Crippen LogP contribution is -2.21. The minimum atomic E-state index is -0.325. The molecule has 5 nitrogen and oxygen atoms in total. The summed E-state index contributed by atoms with van der Waals surface area (Å²) in [5, 5.41) is 14.4. The average molecular weight is 405 g/mol. The minimum Gasteiger partial charge on any atom is -0.494 e. The van der Waals surface area contributed by atoms with Crippen LogP contribution in [0.3, 0.4) is 0 Å². The van der Waals surface area contributed by atoms with Crippen molar-refractivity contribution in [3.8, 4) is 11.7 Å². The Morgan fingerprint density at radius 2 is 1.52 bits per heavy atom. The Balaban J connectivity index is 1.77. The summed E-state index contributed by atoms with van der Waals surface area (Å²) in [5.41, 5.74) is 1.68. The van der Waals surface area contributed by atoms with Gasteiger partial charge in [0.15, 0.2) is 0 Å². The van der Waals surface area contributed by atoms with Gasteiger partial charge in [-0.1, -0.05) is 60.7 Å². The highest BCUT2D eigenvalue weighted by molar-refractivity contribution is 6.03. The van der Waals surface area contributed by atoms with Crippen LogP contribution in [-0.4, -0.2) is 20.9 Å². The third kappa shape index (κ3) is 3.26. The van der Waals surface area contributed by atoms with Gasteiger partial charge in [0.2, 0.25) is 5.88 Å². The molecule has 31 heavy (non-hydrogen) atoms. The Kier molecular flexibility index (Phi) is 4.56. The Labute approximate surface area is 178 Å². The van der Waals surface area contributed by atoms with Gasteiger partial charge in [-0.3, -0.25) is 9.79 Å². The molecule has 0 unspecified atom stereocenters. The van der Waals surface area contributed by atoms with E-state index in [0.717, 1.165) is 22.2 Å². The fraction of sp³-hybridized carbons (Fsp3) is 0.0385. The van der Waals surface area contributed by atoms with Crippen LogP contribution in [0.15, 0.2) is 94.7 Å². The molecule has 0 aliphatic carbocycles. The lowest BCUT2D eigenvalue weighted by Gasteiger charge is -2.13. The predicted octanol–water partition coefficient (Wildman–Crippen LogP) is 5.30. The zero-order chi connectivity index (χ0) is 21.4. The van der Waals surface area contributed by atoms with Gasteiger partial charge in [0.05, 0.1) is 11.3 Å². The standard InChI is InChI=1S/C26H19N3O2/c1-17-8-6-15-24(28-17)29-25(30)21-13-5-4-12-20(21)22(26(29)31)16-27-23-14-7-10-18-9-2-3-11-19(18)23/h2-16,31H,1H3. The van der Waals surface area contributed by atoms with Crippen LogP contribution in [0.5, 0.6) is 5.88 Å². The number of rotatable bonds is 3. The second-order valence-corrected chi connectivity index (χ2v) is 7.32. The zero-order valence-corrected chi connectivity index (χ0v) is 16.9. The third-order valence-electron chi connectivity index (χ3n) is 5.31. The monoisotopic (exact) mass is 405 g/mol. The average Bonchev–Trinajstić information content (AvgIpc) is 2.79. The van der Waals surface area contributed by atoms with Crippen LogP contribution >= 0.6 is 0 Å². The van der Waals surface area contributed by atoms with Crippen LogP contribution in [0.1, 0.15) is 11.3 Å². The first-order chi connectivity index (χ1) is 15.1. The van der Waals surface area contributed by atoms with E-state index < -0.39 is 0 Å². The molecule has 0 bridgehead atoms. The molecule has 3 aromatic carbocycles. The van der Waals surface area contributed by atoms with Crippen LogP contribution in [0.4, 0.5) is 5.69 Å². The summed E-state index contributed by atoms with van der Waals surface area (Å²) in [4.78, 5) is 22.3. The van der Waals surface area contributed by atoms with Crippen molar-refractivity contribution in [3.63, 3.8) is 0 Å². The van der Waals surface area contributed by atoms with E-state index in [1.54, 1.807) is 24.4 Å². The van der Waals surface area contributed by atoms with Gasteiger partial charge in [-0.15, -0.1) is 0 Å². The van der Waals surface area contributed by atoms with Crippen LogP contribution in [0, 0.1) is 6.92 Å². The molecule has 0 atom stereocenters. The Morgan fingerprint density at radius 1 is 0.839 bits per heavy atom. The Hall–Kier alpha value is -4.25. The van der Waals surface area contributed by atoms with Crippen molar-refractivity contribution >= 4 is 33.4 Å². The van der Waals surface area contributed by atoms with Gasteiger partial charge < -0.3 is 5.11 Å². The molecule has 5 heteroatoms. The third-order valence-corrected chi connectivity index (χ3v) is 5.31. The number of aryl methyl sites for hydroxylation is 1. The Bertz CT molecular complexity index is 1530. The lowest BCUT2D eigenvalue weighted by atomic mass is 10.1. The van der Waals surface area contributed by atoms with Crippen LogP contribution in [0.2, 0.25) is 0 Å². The number of fused-ring (bicyclic) bond motifs is 2. The highest BCUT2D eigenvalue weighted by Gasteiger charge is 2.17. The number of aliphatic imine (C=N–C) groups is 1. The van der Waals surface area contributed by atoms with E-state index in [1.807, 2.05) is 73.7 Å². The summed E-state index contributed by atoms with van der Waals surface area (Å²) in [6.45, 7) is 1.84. The first-order valence-corrected chi connectivity index (χ1v) is 9.96. The van der Waals surface area contributed by atoms with Crippen LogP contribution in [-0.2, 0) is 0 Å². The van der Waals surface area contributed by atoms with Crippen LogP contribution < -0.4 is 5.56 Å². The first kappa shape index (κ1) is 18.8. The quantitative estimate of drug-likeness (QED) is 0.414. The summed E-state index contributed by atoms with van der Waals surface area (Å²) in [6, 6.07) is 26.5. The molecule has 150 valence electrons. The van der Waals surface area contributed by atoms with Gasteiger partial charge in [-0.25, -0.2) is 9.55 Å². The molecule has 0 saturated heterocycles. The Morgan fingerprint density at radius 3 is 2.32 bits per heavy atom. The van der Waals surface area contributed by atoms with Gasteiger partial charge in [0.1, 0.15) is 5.82 Å². The van der Waals surface area contributed by atoms with Gasteiger partial charge >= 0.3 is 0 Å². The summed E-state index contributed by atoms with van der Waals surface area (Å²) in [5.74, 6) is 0.179. The molecule has 5 aromatic rings. The number of pyridine rings is 2. The smallest absolute Gasteiger partial charge is 0.267 e. The number of aromatic hydroxyl groups is 1. The van der Waals surface area contributed by atoms with Gasteiger partial charge in [-0.2, -0.15) is 0 Å². The van der Waals surface area contributed by atoms with E-state index in [1.165, 1.54) is 4.57 Å². The van der Waals surface area contributed by atoms with Crippen molar-refractivity contribution < 1.29 is 5.11 Å². The van der Waals surface area contributed by atoms with Crippen molar-refractivity contribution in [1.29, 1.82) is 0 Å². The molecule has 2 aromatic heterocycles. The van der Waals surface area contributed by atoms with E-state index in [0.29, 0.717) is 22.2 Å². The second-order valence-electron chi connectivity index (χ2n) is 7.32.